The van der Waals surface area contributed by atoms with E-state index in [9.17, 15) is 4.79 Å². The lowest BCUT2D eigenvalue weighted by Crippen LogP contribution is -2.26. The SMILES string of the molecule is C=CN1C(=O)CC(C)C1C. The Balaban J connectivity index is 2.73. The second-order valence-electron chi connectivity index (χ2n) is 2.91. The van der Waals surface area contributed by atoms with Crippen molar-refractivity contribution >= 4 is 5.91 Å². The van der Waals surface area contributed by atoms with Crippen molar-refractivity contribution in [3.63, 3.8) is 0 Å². The summed E-state index contributed by atoms with van der Waals surface area (Å²) in [6, 6.07) is 0.338. The molecule has 2 nitrogen and oxygen atoms in total. The van der Waals surface area contributed by atoms with Crippen LogP contribution in [0.25, 0.3) is 0 Å². The molecule has 1 aliphatic heterocycles. The van der Waals surface area contributed by atoms with Crippen LogP contribution in [0.5, 0.6) is 0 Å². The topological polar surface area (TPSA) is 20.3 Å². The van der Waals surface area contributed by atoms with Gasteiger partial charge in [-0.15, -0.1) is 0 Å². The van der Waals surface area contributed by atoms with Crippen molar-refractivity contribution in [1.29, 1.82) is 0 Å². The molecule has 0 aromatic heterocycles. The Bertz CT molecular complexity index is 165. The summed E-state index contributed by atoms with van der Waals surface area (Å²) in [6.45, 7) is 7.73. The first-order valence-electron chi connectivity index (χ1n) is 3.60. The monoisotopic (exact) mass is 139 g/mol. The third kappa shape index (κ3) is 0.939. The smallest absolute Gasteiger partial charge is 0.227 e. The Morgan fingerprint density at radius 3 is 2.50 bits per heavy atom. The lowest BCUT2D eigenvalue weighted by Gasteiger charge is -2.17. The Morgan fingerprint density at radius 1 is 1.70 bits per heavy atom. The molecule has 0 aromatic carbocycles. The summed E-state index contributed by atoms with van der Waals surface area (Å²) in [5.41, 5.74) is 0. The average molecular weight is 139 g/mol. The van der Waals surface area contributed by atoms with E-state index in [1.807, 2.05) is 0 Å². The quantitative estimate of drug-likeness (QED) is 0.537. The number of hydrogen-bond acceptors (Lipinski definition) is 1. The molecule has 1 fully saturated rings. The van der Waals surface area contributed by atoms with Gasteiger partial charge >= 0.3 is 0 Å². The van der Waals surface area contributed by atoms with Crippen LogP contribution in [0.4, 0.5) is 0 Å². The van der Waals surface area contributed by atoms with Gasteiger partial charge in [-0.05, 0) is 19.0 Å². The first-order valence-corrected chi connectivity index (χ1v) is 3.60. The molecule has 56 valence electrons. The van der Waals surface area contributed by atoms with Crippen molar-refractivity contribution in [2.75, 3.05) is 0 Å². The minimum atomic E-state index is 0.204. The van der Waals surface area contributed by atoms with Gasteiger partial charge in [-0.2, -0.15) is 0 Å². The maximum atomic E-state index is 11.1. The molecule has 1 amide bonds. The minimum Gasteiger partial charge on any atom is -0.317 e. The van der Waals surface area contributed by atoms with Crippen LogP contribution >= 0.6 is 0 Å². The molecule has 0 N–H and O–H groups in total. The molecular weight excluding hydrogens is 126 g/mol. The van der Waals surface area contributed by atoms with Gasteiger partial charge in [0.15, 0.2) is 0 Å². The fourth-order valence-electron chi connectivity index (χ4n) is 1.32. The summed E-state index contributed by atoms with van der Waals surface area (Å²) >= 11 is 0. The predicted octanol–water partition coefficient (Wildman–Crippen LogP) is 1.39. The van der Waals surface area contributed by atoms with Crippen LogP contribution in [-0.2, 0) is 4.79 Å². The van der Waals surface area contributed by atoms with Gasteiger partial charge in [0.2, 0.25) is 5.91 Å². The number of rotatable bonds is 1. The van der Waals surface area contributed by atoms with E-state index in [4.69, 9.17) is 0 Å². The Labute approximate surface area is 61.5 Å². The Kier molecular flexibility index (Phi) is 1.79. The predicted molar refractivity (Wildman–Crippen MR) is 40.3 cm³/mol. The van der Waals surface area contributed by atoms with Crippen LogP contribution in [0, 0.1) is 5.92 Å². The van der Waals surface area contributed by atoms with Gasteiger partial charge in [-0.25, -0.2) is 0 Å². The maximum absolute atomic E-state index is 11.1. The molecule has 2 atom stereocenters. The maximum Gasteiger partial charge on any atom is 0.227 e. The molecule has 1 saturated heterocycles. The number of nitrogens with zero attached hydrogens (tertiary/aromatic N) is 1. The van der Waals surface area contributed by atoms with Crippen LogP contribution in [0.3, 0.4) is 0 Å². The average Bonchev–Trinajstić information content (AvgIpc) is 2.09. The van der Waals surface area contributed by atoms with E-state index in [1.165, 1.54) is 0 Å². The van der Waals surface area contributed by atoms with E-state index in [0.717, 1.165) is 0 Å². The zero-order chi connectivity index (χ0) is 7.72. The van der Waals surface area contributed by atoms with Crippen LogP contribution in [0.15, 0.2) is 12.8 Å². The summed E-state index contributed by atoms with van der Waals surface area (Å²) in [5, 5.41) is 0. The number of carbonyl (C=O) groups is 1. The second kappa shape index (κ2) is 2.45. The van der Waals surface area contributed by atoms with Gasteiger partial charge in [0.1, 0.15) is 0 Å². The second-order valence-corrected chi connectivity index (χ2v) is 2.91. The fourth-order valence-corrected chi connectivity index (χ4v) is 1.32. The van der Waals surface area contributed by atoms with Crippen LogP contribution < -0.4 is 0 Å². The molecule has 2 heteroatoms. The molecule has 0 bridgehead atoms. The molecule has 0 aromatic rings. The highest BCUT2D eigenvalue weighted by Gasteiger charge is 2.31. The van der Waals surface area contributed by atoms with Crippen LogP contribution in [-0.4, -0.2) is 16.8 Å². The molecule has 1 heterocycles. The normalized spacial score (nSPS) is 33.0. The van der Waals surface area contributed by atoms with Crippen molar-refractivity contribution in [2.45, 2.75) is 26.3 Å². The van der Waals surface area contributed by atoms with E-state index >= 15 is 0 Å². The Morgan fingerprint density at radius 2 is 2.30 bits per heavy atom. The molecule has 1 aliphatic rings. The zero-order valence-electron chi connectivity index (χ0n) is 6.50. The molecule has 2 unspecified atom stereocenters. The van der Waals surface area contributed by atoms with E-state index < -0.39 is 0 Å². The lowest BCUT2D eigenvalue weighted by molar-refractivity contribution is -0.126. The summed E-state index contributed by atoms with van der Waals surface area (Å²) < 4.78 is 0. The van der Waals surface area contributed by atoms with E-state index in [2.05, 4.69) is 20.4 Å². The molecule has 10 heavy (non-hydrogen) atoms. The van der Waals surface area contributed by atoms with Gasteiger partial charge in [0, 0.05) is 12.5 Å². The lowest BCUT2D eigenvalue weighted by atomic mass is 10.1. The van der Waals surface area contributed by atoms with E-state index in [0.29, 0.717) is 18.4 Å². The molecular formula is C8H13NO. The first kappa shape index (κ1) is 7.32. The van der Waals surface area contributed by atoms with Gasteiger partial charge in [-0.3, -0.25) is 4.79 Å². The van der Waals surface area contributed by atoms with E-state index in [1.54, 1.807) is 11.1 Å². The molecule has 0 spiro atoms. The summed E-state index contributed by atoms with van der Waals surface area (Å²) in [4.78, 5) is 12.8. The standard InChI is InChI=1S/C8H13NO/c1-4-9-7(3)6(2)5-8(9)10/h4,6-7H,1,5H2,2-3H3. The van der Waals surface area contributed by atoms with Gasteiger partial charge < -0.3 is 4.90 Å². The van der Waals surface area contributed by atoms with Crippen molar-refractivity contribution in [1.82, 2.24) is 4.90 Å². The highest BCUT2D eigenvalue weighted by atomic mass is 16.2. The van der Waals surface area contributed by atoms with Crippen molar-refractivity contribution < 1.29 is 4.79 Å². The van der Waals surface area contributed by atoms with E-state index in [-0.39, 0.29) is 5.91 Å². The molecule has 0 saturated carbocycles. The highest BCUT2D eigenvalue weighted by molar-refractivity contribution is 5.80. The first-order chi connectivity index (χ1) is 4.66. The fraction of sp³-hybridized carbons (Fsp3) is 0.625. The van der Waals surface area contributed by atoms with Gasteiger partial charge in [0.25, 0.3) is 0 Å². The molecule has 0 radical (unpaired) electrons. The van der Waals surface area contributed by atoms with Crippen LogP contribution in [0.2, 0.25) is 0 Å². The van der Waals surface area contributed by atoms with Crippen LogP contribution in [0.1, 0.15) is 20.3 Å². The highest BCUT2D eigenvalue weighted by Crippen LogP contribution is 2.24. The minimum absolute atomic E-state index is 0.204. The summed E-state index contributed by atoms with van der Waals surface area (Å²) in [6.07, 6.45) is 2.30. The number of hydrogen-bond donors (Lipinski definition) is 0. The number of amides is 1. The summed E-state index contributed by atoms with van der Waals surface area (Å²) in [7, 11) is 0. The number of likely N-dealkylation sites (tertiary alicyclic amines) is 1. The largest absolute Gasteiger partial charge is 0.317 e. The Hall–Kier alpha value is -0.790. The van der Waals surface area contributed by atoms with Crippen molar-refractivity contribution in [2.24, 2.45) is 5.92 Å². The van der Waals surface area contributed by atoms with Crippen molar-refractivity contribution in [3.05, 3.63) is 12.8 Å². The zero-order valence-corrected chi connectivity index (χ0v) is 6.50. The molecule has 0 aliphatic carbocycles. The third-order valence-corrected chi connectivity index (χ3v) is 2.24. The number of carbonyl (C=O) groups excluding carboxylic acids is 1. The van der Waals surface area contributed by atoms with Gasteiger partial charge in [0.05, 0.1) is 0 Å². The summed E-state index contributed by atoms with van der Waals surface area (Å²) in [5.74, 6) is 0.681. The van der Waals surface area contributed by atoms with Crippen molar-refractivity contribution in [3.8, 4) is 0 Å². The van der Waals surface area contributed by atoms with Gasteiger partial charge in [-0.1, -0.05) is 13.5 Å². The molecule has 1 rings (SSSR count). The third-order valence-electron chi connectivity index (χ3n) is 2.24.